The number of nitrogens with one attached hydrogen (secondary N) is 2. The van der Waals surface area contributed by atoms with Gasteiger partial charge in [-0.3, -0.25) is 14.5 Å². The van der Waals surface area contributed by atoms with E-state index in [1.807, 2.05) is 30.3 Å². The molecule has 1 amide bonds. The van der Waals surface area contributed by atoms with Crippen molar-refractivity contribution in [3.63, 3.8) is 0 Å². The van der Waals surface area contributed by atoms with Gasteiger partial charge in [0.15, 0.2) is 0 Å². The van der Waals surface area contributed by atoms with Crippen molar-refractivity contribution in [2.24, 2.45) is 0 Å². The van der Waals surface area contributed by atoms with Gasteiger partial charge >= 0.3 is 0 Å². The van der Waals surface area contributed by atoms with Crippen molar-refractivity contribution in [3.8, 4) is 0 Å². The van der Waals surface area contributed by atoms with Crippen LogP contribution in [-0.4, -0.2) is 48.6 Å². The van der Waals surface area contributed by atoms with Gasteiger partial charge in [-0.25, -0.2) is 0 Å². The molecule has 132 valence electrons. The van der Waals surface area contributed by atoms with Gasteiger partial charge in [0.25, 0.3) is 11.5 Å². The molecule has 1 saturated heterocycles. The van der Waals surface area contributed by atoms with Crippen LogP contribution in [0.2, 0.25) is 0 Å². The Bertz CT molecular complexity index is 767. The van der Waals surface area contributed by atoms with Crippen LogP contribution in [0.4, 0.5) is 0 Å². The average Bonchev–Trinajstić information content (AvgIpc) is 2.62. The highest BCUT2D eigenvalue weighted by molar-refractivity contribution is 5.94. The molecule has 6 heteroatoms. The molecular formula is C19H23N3O3. The smallest absolute Gasteiger partial charge is 0.260 e. The van der Waals surface area contributed by atoms with E-state index in [-0.39, 0.29) is 23.1 Å². The van der Waals surface area contributed by atoms with Gasteiger partial charge in [0.05, 0.1) is 19.3 Å². The van der Waals surface area contributed by atoms with Crippen LogP contribution in [-0.2, 0) is 4.74 Å². The van der Waals surface area contributed by atoms with Crippen molar-refractivity contribution >= 4 is 5.91 Å². The lowest BCUT2D eigenvalue weighted by molar-refractivity contribution is 0.0332. The lowest BCUT2D eigenvalue weighted by Gasteiger charge is -2.31. The molecule has 1 fully saturated rings. The van der Waals surface area contributed by atoms with Gasteiger partial charge in [-0.15, -0.1) is 0 Å². The summed E-state index contributed by atoms with van der Waals surface area (Å²) < 4.78 is 5.39. The quantitative estimate of drug-likeness (QED) is 0.864. The van der Waals surface area contributed by atoms with Crippen molar-refractivity contribution in [1.82, 2.24) is 15.2 Å². The van der Waals surface area contributed by atoms with Gasteiger partial charge in [0.2, 0.25) is 0 Å². The van der Waals surface area contributed by atoms with Gasteiger partial charge in [0, 0.05) is 25.3 Å². The number of carbonyl (C=O) groups is 1. The number of benzene rings is 1. The molecule has 1 aliphatic heterocycles. The number of carbonyl (C=O) groups excluding carboxylic acids is 1. The Morgan fingerprint density at radius 1 is 1.20 bits per heavy atom. The molecule has 3 rings (SSSR count). The first kappa shape index (κ1) is 17.4. The fraction of sp³-hybridized carbons (Fsp3) is 0.368. The van der Waals surface area contributed by atoms with Crippen LogP contribution in [0.1, 0.15) is 27.7 Å². The molecule has 0 bridgehead atoms. The molecule has 1 atom stereocenters. The third kappa shape index (κ3) is 4.55. The number of hydrogen-bond donors (Lipinski definition) is 2. The Balaban J connectivity index is 1.79. The normalized spacial score (nSPS) is 16.4. The highest BCUT2D eigenvalue weighted by atomic mass is 16.5. The number of amides is 1. The first-order valence-corrected chi connectivity index (χ1v) is 8.49. The van der Waals surface area contributed by atoms with Crippen molar-refractivity contribution < 1.29 is 9.53 Å². The van der Waals surface area contributed by atoms with Crippen LogP contribution in [0.15, 0.2) is 47.3 Å². The summed E-state index contributed by atoms with van der Waals surface area (Å²) in [5.41, 5.74) is 1.52. The zero-order chi connectivity index (χ0) is 17.6. The van der Waals surface area contributed by atoms with Gasteiger partial charge in [-0.05, 0) is 24.6 Å². The van der Waals surface area contributed by atoms with E-state index >= 15 is 0 Å². The zero-order valence-electron chi connectivity index (χ0n) is 14.3. The minimum absolute atomic E-state index is 0.133. The molecule has 2 aromatic rings. The minimum Gasteiger partial charge on any atom is -0.379 e. The first-order valence-electron chi connectivity index (χ1n) is 8.49. The van der Waals surface area contributed by atoms with E-state index in [1.54, 1.807) is 19.1 Å². The fourth-order valence-electron chi connectivity index (χ4n) is 2.95. The van der Waals surface area contributed by atoms with E-state index in [0.29, 0.717) is 19.8 Å². The number of ether oxygens (including phenoxy) is 1. The largest absolute Gasteiger partial charge is 0.379 e. The summed E-state index contributed by atoms with van der Waals surface area (Å²) in [5, 5.41) is 3.02. The molecule has 0 aliphatic carbocycles. The van der Waals surface area contributed by atoms with Gasteiger partial charge in [0.1, 0.15) is 5.56 Å². The molecule has 1 aromatic carbocycles. The molecule has 25 heavy (non-hydrogen) atoms. The van der Waals surface area contributed by atoms with Crippen LogP contribution in [0, 0.1) is 6.92 Å². The summed E-state index contributed by atoms with van der Waals surface area (Å²) in [6.45, 7) is 5.55. The van der Waals surface area contributed by atoms with Crippen molar-refractivity contribution in [3.05, 3.63) is 69.6 Å². The Kier molecular flexibility index (Phi) is 5.63. The Hall–Kier alpha value is -2.44. The molecular weight excluding hydrogens is 318 g/mol. The molecule has 0 spiro atoms. The fourth-order valence-corrected chi connectivity index (χ4v) is 2.95. The van der Waals surface area contributed by atoms with Gasteiger partial charge in [-0.2, -0.15) is 0 Å². The third-order valence-corrected chi connectivity index (χ3v) is 4.35. The second kappa shape index (κ2) is 8.09. The lowest BCUT2D eigenvalue weighted by Crippen LogP contribution is -2.43. The maximum Gasteiger partial charge on any atom is 0.260 e. The predicted molar refractivity (Wildman–Crippen MR) is 95.7 cm³/mol. The first-order chi connectivity index (χ1) is 12.1. The average molecular weight is 341 g/mol. The number of aryl methyl sites for hydroxylation is 1. The van der Waals surface area contributed by atoms with Gasteiger partial charge < -0.3 is 15.0 Å². The van der Waals surface area contributed by atoms with E-state index in [1.165, 1.54) is 0 Å². The molecule has 2 heterocycles. The van der Waals surface area contributed by atoms with E-state index in [2.05, 4.69) is 15.2 Å². The third-order valence-electron chi connectivity index (χ3n) is 4.35. The Morgan fingerprint density at radius 3 is 2.60 bits per heavy atom. The van der Waals surface area contributed by atoms with E-state index in [9.17, 15) is 9.59 Å². The lowest BCUT2D eigenvalue weighted by atomic mass is 10.1. The number of pyridine rings is 1. The number of aromatic nitrogens is 1. The van der Waals surface area contributed by atoms with E-state index in [0.717, 1.165) is 24.3 Å². The maximum atomic E-state index is 12.6. The summed E-state index contributed by atoms with van der Waals surface area (Å²) in [6, 6.07) is 12.9. The highest BCUT2D eigenvalue weighted by Gasteiger charge is 2.21. The van der Waals surface area contributed by atoms with Crippen molar-refractivity contribution in [1.29, 1.82) is 0 Å². The second-order valence-corrected chi connectivity index (χ2v) is 6.23. The molecule has 6 nitrogen and oxygen atoms in total. The number of hydrogen-bond acceptors (Lipinski definition) is 4. The van der Waals surface area contributed by atoms with Crippen molar-refractivity contribution in [2.75, 3.05) is 32.8 Å². The standard InChI is InChI=1S/C19H23N3O3/c1-14-7-8-16(18(23)20-14)19(24)21-17(15-5-3-2-4-6-15)13-22-9-11-25-12-10-22/h2-8,17H,9-13H2,1H3,(H,20,23)(H,21,24)/t17-/m1/s1. The Morgan fingerprint density at radius 2 is 1.92 bits per heavy atom. The van der Waals surface area contributed by atoms with Gasteiger partial charge in [-0.1, -0.05) is 30.3 Å². The summed E-state index contributed by atoms with van der Waals surface area (Å²) in [5.74, 6) is -0.358. The van der Waals surface area contributed by atoms with Crippen LogP contribution < -0.4 is 10.9 Å². The molecule has 2 N–H and O–H groups in total. The SMILES string of the molecule is Cc1ccc(C(=O)N[C@H](CN2CCOCC2)c2ccccc2)c(=O)[nH]1. The molecule has 1 aliphatic rings. The van der Waals surface area contributed by atoms with Crippen LogP contribution in [0.3, 0.4) is 0 Å². The summed E-state index contributed by atoms with van der Waals surface area (Å²) in [6.07, 6.45) is 0. The number of aromatic amines is 1. The maximum absolute atomic E-state index is 12.6. The number of rotatable bonds is 5. The molecule has 0 saturated carbocycles. The van der Waals surface area contributed by atoms with Crippen molar-refractivity contribution in [2.45, 2.75) is 13.0 Å². The number of H-pyrrole nitrogens is 1. The summed E-state index contributed by atoms with van der Waals surface area (Å²) in [7, 11) is 0. The topological polar surface area (TPSA) is 74.4 Å². The van der Waals surface area contributed by atoms with Crippen LogP contribution in [0.5, 0.6) is 0 Å². The second-order valence-electron chi connectivity index (χ2n) is 6.23. The monoisotopic (exact) mass is 341 g/mol. The highest BCUT2D eigenvalue weighted by Crippen LogP contribution is 2.16. The Labute approximate surface area is 146 Å². The molecule has 0 unspecified atom stereocenters. The van der Waals surface area contributed by atoms with E-state index < -0.39 is 0 Å². The zero-order valence-corrected chi connectivity index (χ0v) is 14.3. The predicted octanol–water partition coefficient (Wildman–Crippen LogP) is 1.49. The number of nitrogens with zero attached hydrogens (tertiary/aromatic N) is 1. The summed E-state index contributed by atoms with van der Waals surface area (Å²) in [4.78, 5) is 29.6. The molecule has 0 radical (unpaired) electrons. The summed E-state index contributed by atoms with van der Waals surface area (Å²) >= 11 is 0. The van der Waals surface area contributed by atoms with E-state index in [4.69, 9.17) is 4.74 Å². The van der Waals surface area contributed by atoms with Crippen LogP contribution in [0.25, 0.3) is 0 Å². The number of morpholine rings is 1. The molecule has 1 aromatic heterocycles. The van der Waals surface area contributed by atoms with Crippen LogP contribution >= 0.6 is 0 Å². The minimum atomic E-state index is -0.365.